The molecule has 0 aromatic heterocycles. The number of carbonyl (C=O) groups excluding carboxylic acids is 1. The number of carbonyl (C=O) groups is 1. The fourth-order valence-corrected chi connectivity index (χ4v) is 3.55. The molecule has 3 unspecified atom stereocenters. The number of rotatable bonds is 2. The Morgan fingerprint density at radius 1 is 1.43 bits per heavy atom. The maximum Gasteiger partial charge on any atom is 0.228 e. The summed E-state index contributed by atoms with van der Waals surface area (Å²) in [5.41, 5.74) is 2.38. The van der Waals surface area contributed by atoms with Crippen LogP contribution in [0.25, 0.3) is 0 Å². The standard InChI is InChI=1S/C17H24N2O2/c1-12-15(9-14-6-2-3-7-16(14)18-12)17(21)19-8-4-5-13(10-19)11-20/h2-3,6-7,12-13,15,18,20H,4-5,8-11H2,1H3. The maximum atomic E-state index is 12.8. The zero-order valence-electron chi connectivity index (χ0n) is 12.6. The number of likely N-dealkylation sites (tertiary alicyclic amines) is 1. The first-order chi connectivity index (χ1) is 10.2. The van der Waals surface area contributed by atoms with Crippen molar-refractivity contribution >= 4 is 11.6 Å². The lowest BCUT2D eigenvalue weighted by atomic mass is 9.86. The van der Waals surface area contributed by atoms with Crippen LogP contribution < -0.4 is 5.32 Å². The zero-order valence-corrected chi connectivity index (χ0v) is 12.6. The number of nitrogens with one attached hydrogen (secondary N) is 1. The zero-order chi connectivity index (χ0) is 14.8. The molecule has 21 heavy (non-hydrogen) atoms. The number of nitrogens with zero attached hydrogens (tertiary/aromatic N) is 1. The second-order valence-electron chi connectivity index (χ2n) is 6.38. The van der Waals surface area contributed by atoms with Crippen LogP contribution in [0, 0.1) is 11.8 Å². The average molecular weight is 288 g/mol. The number of hydrogen-bond acceptors (Lipinski definition) is 3. The van der Waals surface area contributed by atoms with Gasteiger partial charge in [0.2, 0.25) is 5.91 Å². The van der Waals surface area contributed by atoms with Gasteiger partial charge in [-0.15, -0.1) is 0 Å². The van der Waals surface area contributed by atoms with E-state index >= 15 is 0 Å². The lowest BCUT2D eigenvalue weighted by Gasteiger charge is -2.38. The van der Waals surface area contributed by atoms with Crippen LogP contribution in [-0.4, -0.2) is 41.7 Å². The topological polar surface area (TPSA) is 52.6 Å². The Balaban J connectivity index is 1.73. The van der Waals surface area contributed by atoms with Gasteiger partial charge >= 0.3 is 0 Å². The molecule has 1 amide bonds. The van der Waals surface area contributed by atoms with Gasteiger partial charge in [0.05, 0.1) is 5.92 Å². The first-order valence-corrected chi connectivity index (χ1v) is 7.93. The molecule has 3 atom stereocenters. The minimum absolute atomic E-state index is 0.00246. The van der Waals surface area contributed by atoms with Crippen molar-refractivity contribution in [1.82, 2.24) is 4.90 Å². The van der Waals surface area contributed by atoms with E-state index in [9.17, 15) is 9.90 Å². The highest BCUT2D eigenvalue weighted by Crippen LogP contribution is 2.30. The molecule has 1 aromatic carbocycles. The number of amides is 1. The normalized spacial score (nSPS) is 28.7. The van der Waals surface area contributed by atoms with Crippen LogP contribution in [0.1, 0.15) is 25.3 Å². The second-order valence-corrected chi connectivity index (χ2v) is 6.38. The summed E-state index contributed by atoms with van der Waals surface area (Å²) in [6.45, 7) is 3.82. The Bertz CT molecular complexity index is 517. The maximum absolute atomic E-state index is 12.8. The van der Waals surface area contributed by atoms with Crippen molar-refractivity contribution in [2.45, 2.75) is 32.2 Å². The fraction of sp³-hybridized carbons (Fsp3) is 0.588. The van der Waals surface area contributed by atoms with Gasteiger partial charge in [0.15, 0.2) is 0 Å². The molecule has 0 aliphatic carbocycles. The van der Waals surface area contributed by atoms with E-state index in [0.29, 0.717) is 6.54 Å². The van der Waals surface area contributed by atoms with Crippen molar-refractivity contribution in [2.24, 2.45) is 11.8 Å². The van der Waals surface area contributed by atoms with Gasteiger partial charge in [-0.2, -0.15) is 0 Å². The summed E-state index contributed by atoms with van der Waals surface area (Å²) in [7, 11) is 0. The summed E-state index contributed by atoms with van der Waals surface area (Å²) >= 11 is 0. The molecule has 1 aromatic rings. The van der Waals surface area contributed by atoms with Crippen molar-refractivity contribution < 1.29 is 9.90 Å². The summed E-state index contributed by atoms with van der Waals surface area (Å²) in [6.07, 6.45) is 2.84. The Labute approximate surface area is 126 Å². The third-order valence-corrected chi connectivity index (χ3v) is 4.85. The highest BCUT2D eigenvalue weighted by Gasteiger charge is 2.34. The monoisotopic (exact) mass is 288 g/mol. The van der Waals surface area contributed by atoms with E-state index in [1.54, 1.807) is 0 Å². The van der Waals surface area contributed by atoms with Gasteiger partial charge in [-0.25, -0.2) is 0 Å². The summed E-state index contributed by atoms with van der Waals surface area (Å²) in [5, 5.41) is 12.8. The van der Waals surface area contributed by atoms with Crippen molar-refractivity contribution in [3.8, 4) is 0 Å². The molecule has 0 spiro atoms. The predicted octanol–water partition coefficient (Wildman–Crippen LogP) is 1.89. The van der Waals surface area contributed by atoms with Gasteiger partial charge in [-0.1, -0.05) is 18.2 Å². The molecular weight excluding hydrogens is 264 g/mol. The number of para-hydroxylation sites is 1. The summed E-state index contributed by atoms with van der Waals surface area (Å²) in [6, 6.07) is 8.39. The smallest absolute Gasteiger partial charge is 0.228 e. The van der Waals surface area contributed by atoms with Gasteiger partial charge in [0.25, 0.3) is 0 Å². The number of aliphatic hydroxyl groups excluding tert-OH is 1. The Hall–Kier alpha value is -1.55. The Morgan fingerprint density at radius 2 is 2.24 bits per heavy atom. The van der Waals surface area contributed by atoms with E-state index in [0.717, 1.165) is 31.5 Å². The van der Waals surface area contributed by atoms with E-state index < -0.39 is 0 Å². The van der Waals surface area contributed by atoms with E-state index in [1.165, 1.54) is 5.56 Å². The van der Waals surface area contributed by atoms with Gasteiger partial charge in [-0.3, -0.25) is 4.79 Å². The minimum atomic E-state index is -0.00246. The third-order valence-electron chi connectivity index (χ3n) is 4.85. The predicted molar refractivity (Wildman–Crippen MR) is 83.1 cm³/mol. The molecule has 4 nitrogen and oxygen atoms in total. The molecule has 2 aliphatic heterocycles. The van der Waals surface area contributed by atoms with Gasteiger partial charge in [-0.05, 0) is 43.7 Å². The SMILES string of the molecule is CC1Nc2ccccc2CC1C(=O)N1CCCC(CO)C1. The van der Waals surface area contributed by atoms with Crippen LogP contribution in [0.4, 0.5) is 5.69 Å². The molecule has 4 heteroatoms. The summed E-state index contributed by atoms with van der Waals surface area (Å²) in [5.74, 6) is 0.488. The molecular formula is C17H24N2O2. The third kappa shape index (κ3) is 2.91. The number of fused-ring (bicyclic) bond motifs is 1. The largest absolute Gasteiger partial charge is 0.396 e. The fourth-order valence-electron chi connectivity index (χ4n) is 3.55. The molecule has 0 saturated carbocycles. The van der Waals surface area contributed by atoms with Crippen LogP contribution >= 0.6 is 0 Å². The van der Waals surface area contributed by atoms with Crippen LogP contribution in [0.15, 0.2) is 24.3 Å². The Morgan fingerprint density at radius 3 is 3.05 bits per heavy atom. The van der Waals surface area contributed by atoms with E-state index in [4.69, 9.17) is 0 Å². The molecule has 2 N–H and O–H groups in total. The highest BCUT2D eigenvalue weighted by molar-refractivity contribution is 5.81. The molecule has 2 aliphatic rings. The van der Waals surface area contributed by atoms with Crippen molar-refractivity contribution in [3.63, 3.8) is 0 Å². The van der Waals surface area contributed by atoms with Crippen molar-refractivity contribution in [1.29, 1.82) is 0 Å². The van der Waals surface area contributed by atoms with Crippen LogP contribution in [0.5, 0.6) is 0 Å². The van der Waals surface area contributed by atoms with Gasteiger partial charge in [0.1, 0.15) is 0 Å². The first-order valence-electron chi connectivity index (χ1n) is 7.93. The van der Waals surface area contributed by atoms with E-state index in [1.807, 2.05) is 17.0 Å². The highest BCUT2D eigenvalue weighted by atomic mass is 16.3. The lowest BCUT2D eigenvalue weighted by molar-refractivity contribution is -0.138. The molecule has 1 saturated heterocycles. The van der Waals surface area contributed by atoms with Crippen LogP contribution in [-0.2, 0) is 11.2 Å². The van der Waals surface area contributed by atoms with E-state index in [2.05, 4.69) is 24.4 Å². The molecule has 114 valence electrons. The molecule has 1 fully saturated rings. The molecule has 2 heterocycles. The summed E-state index contributed by atoms with van der Waals surface area (Å²) in [4.78, 5) is 14.8. The second kappa shape index (κ2) is 6.06. The number of anilines is 1. The van der Waals surface area contributed by atoms with Crippen molar-refractivity contribution in [2.75, 3.05) is 25.0 Å². The molecule has 0 bridgehead atoms. The lowest BCUT2D eigenvalue weighted by Crippen LogP contribution is -2.49. The van der Waals surface area contributed by atoms with Gasteiger partial charge < -0.3 is 15.3 Å². The average Bonchev–Trinajstić information content (AvgIpc) is 2.53. The number of aliphatic hydroxyl groups is 1. The molecule has 3 rings (SSSR count). The van der Waals surface area contributed by atoms with Gasteiger partial charge in [0, 0.05) is 31.4 Å². The minimum Gasteiger partial charge on any atom is -0.396 e. The summed E-state index contributed by atoms with van der Waals surface area (Å²) < 4.78 is 0. The van der Waals surface area contributed by atoms with Crippen molar-refractivity contribution in [3.05, 3.63) is 29.8 Å². The Kier molecular flexibility index (Phi) is 4.15. The number of piperidine rings is 1. The number of benzene rings is 1. The van der Waals surface area contributed by atoms with Crippen LogP contribution in [0.3, 0.4) is 0 Å². The first kappa shape index (κ1) is 14.4. The van der Waals surface area contributed by atoms with E-state index in [-0.39, 0.29) is 30.4 Å². The van der Waals surface area contributed by atoms with Crippen LogP contribution in [0.2, 0.25) is 0 Å². The number of hydrogen-bond donors (Lipinski definition) is 2. The quantitative estimate of drug-likeness (QED) is 0.874. The molecule has 0 radical (unpaired) electrons.